The Morgan fingerprint density at radius 1 is 0.370 bits per heavy atom. The number of hydrogen-bond donors (Lipinski definition) is 10. The number of nitrogen functional groups attached to an aromatic ring is 6. The third kappa shape index (κ3) is 46.9. The van der Waals surface area contributed by atoms with E-state index >= 15 is 0 Å². The van der Waals surface area contributed by atoms with Crippen molar-refractivity contribution in [2.45, 2.75) is 107 Å². The number of H-pyrrole nitrogens is 2. The van der Waals surface area contributed by atoms with E-state index in [1.165, 1.54) is 17.1 Å². The zero-order valence-corrected chi connectivity index (χ0v) is 85.7. The van der Waals surface area contributed by atoms with Crippen LogP contribution in [0.2, 0.25) is 0 Å². The lowest BCUT2D eigenvalue weighted by Gasteiger charge is -2.11. The quantitative estimate of drug-likeness (QED) is 0.0217. The molecule has 1 amide bonds. The van der Waals surface area contributed by atoms with Crippen molar-refractivity contribution in [3.63, 3.8) is 0 Å². The van der Waals surface area contributed by atoms with Crippen molar-refractivity contribution < 1.29 is 80.6 Å². The minimum atomic E-state index is -0.480. The zero-order valence-electron chi connectivity index (χ0n) is 85.7. The monoisotopic (exact) mass is 2010 g/mol. The van der Waals surface area contributed by atoms with Crippen molar-refractivity contribution in [1.82, 2.24) is 64.3 Å². The molecule has 41 nitrogen and oxygen atoms in total. The minimum Gasteiger partial charge on any atom is -0.384 e. The molecular weight excluding hydrogens is 1880 g/mol. The van der Waals surface area contributed by atoms with Crippen LogP contribution in [0.15, 0.2) is 147 Å². The van der Waals surface area contributed by atoms with Gasteiger partial charge in [0.1, 0.15) is 40.7 Å². The first-order valence-corrected chi connectivity index (χ1v) is 45.0. The van der Waals surface area contributed by atoms with E-state index in [4.69, 9.17) is 116 Å². The molecule has 11 rings (SSSR count). The van der Waals surface area contributed by atoms with E-state index in [0.29, 0.717) is 156 Å². The molecule has 1 aliphatic rings. The van der Waals surface area contributed by atoms with E-state index in [9.17, 15) is 24.0 Å². The third-order valence-electron chi connectivity index (χ3n) is 19.9. The summed E-state index contributed by atoms with van der Waals surface area (Å²) in [4.78, 5) is 93.7. The normalized spacial score (nSPS) is 12.4. The molecule has 0 fully saturated rings. The summed E-state index contributed by atoms with van der Waals surface area (Å²) in [5, 5.41) is 12.9. The van der Waals surface area contributed by atoms with Gasteiger partial charge in [0.15, 0.2) is 0 Å². The van der Waals surface area contributed by atoms with Crippen LogP contribution in [-0.2, 0) is 94.7 Å². The lowest BCUT2D eigenvalue weighted by molar-refractivity contribution is -0.116. The van der Waals surface area contributed by atoms with Crippen molar-refractivity contribution in [3.8, 4) is 94.7 Å². The van der Waals surface area contributed by atoms with E-state index < -0.39 is 16.8 Å². The van der Waals surface area contributed by atoms with Crippen LogP contribution in [0.3, 0.4) is 0 Å². The molecule has 0 aliphatic carbocycles. The first-order chi connectivity index (χ1) is 70.5. The van der Waals surface area contributed by atoms with Gasteiger partial charge in [-0.25, -0.2) is 39.7 Å². The lowest BCUT2D eigenvalue weighted by atomic mass is 10.1. The number of aryl methyl sites for hydroxylation is 2. The van der Waals surface area contributed by atoms with Crippen molar-refractivity contribution in [3.05, 3.63) is 208 Å². The van der Waals surface area contributed by atoms with Crippen LogP contribution in [0.4, 0.5) is 35.3 Å². The van der Waals surface area contributed by atoms with Crippen LogP contribution >= 0.6 is 0 Å². The molecule has 3 aromatic carbocycles. The summed E-state index contributed by atoms with van der Waals surface area (Å²) in [6, 6.07) is 22.3. The average Bonchev–Trinajstić information content (AvgIpc) is 0.816. The summed E-state index contributed by atoms with van der Waals surface area (Å²) < 4.78 is 84.4. The van der Waals surface area contributed by atoms with E-state index in [1.807, 2.05) is 48.5 Å². The Hall–Kier alpha value is -15.1. The lowest BCUT2D eigenvalue weighted by Crippen LogP contribution is -2.33. The van der Waals surface area contributed by atoms with Crippen molar-refractivity contribution in [2.24, 2.45) is 14.1 Å². The molecule has 0 radical (unpaired) electrons. The van der Waals surface area contributed by atoms with Crippen molar-refractivity contribution in [1.29, 1.82) is 5.41 Å². The Balaban J connectivity index is 0.000000348. The van der Waals surface area contributed by atoms with E-state index in [1.54, 1.807) is 194 Å². The molecule has 10 aromatic rings. The van der Waals surface area contributed by atoms with Gasteiger partial charge >= 0.3 is 5.69 Å². The number of hydrogen-bond acceptors (Lipinski definition) is 36. The molecule has 0 saturated heterocycles. The van der Waals surface area contributed by atoms with Crippen LogP contribution in [0.5, 0.6) is 0 Å². The molecule has 7 aromatic heterocycles. The fourth-order valence-electron chi connectivity index (χ4n) is 11.9. The summed E-state index contributed by atoms with van der Waals surface area (Å²) in [5.41, 5.74) is 38.3. The molecule has 146 heavy (non-hydrogen) atoms. The van der Waals surface area contributed by atoms with Crippen LogP contribution in [0.1, 0.15) is 96.7 Å². The standard InChI is InChI=1S/C16H18N2O2.C15H17N3O3.C15H17N3O2.C12H17N3O3.C12H16N2O4.C12H16N2O3.C12H16N2O2.C11H15N3O2/c1-19-11-13(20-2)7-3-5-12-6-4-8-15-14(12)9-10-18-16(15)17;1-20-9-11(21-2)7-3-5-10-6-4-8-12-13(10)17-15(16)18-14(12)19;1-19-9-12(20-2)7-3-5-11-6-4-8-13-14(11)17-10-18-15(13)16;1-15-7-9(11(16)14-12(15)13)5-4-6-10(18-3)8-17-2;1-14-7-9(11(15)13-12(14)16)5-4-6-10(18-3)8-17-2;1-16-8-10(17-2)5-3-4-9-6-7-11(13)14-12(9)15;1-15-9-11(16-2)5-3-4-10-6-7-12(13)14-8-10;1-15-8-10(16-2)5-3-4-9-6-13-11(12)14-7-9/h4,6,8-10,13H,7,11H2,1-2H3,(H2,17,18);4,6,8,11H,7,9H2,1-2H3,(H3,16,17,18,19);4,6,8,10,12H,7,9H2,1-2H3,(H2,16,17,18);7,10H,6,8H2,1-3H3,(H2,13,14,16);7,10H,6,8H2,1-3H3,(H,13,15,16);6,10H,5,7-8H2,1-2H3,(H2,13,14,15);6-8,11H,5,9H2,1-2H3,(H2,13,14);6-7,10H,5,8H2,1-2H3,(H2,12,13,14). The smallest absolute Gasteiger partial charge is 0.328 e. The number of nitrogens with two attached hydrogens (primary N) is 6. The Labute approximate surface area is 850 Å². The van der Waals surface area contributed by atoms with Crippen LogP contribution in [0, 0.1) is 100 Å². The van der Waals surface area contributed by atoms with Crippen LogP contribution < -0.4 is 62.1 Å². The number of carbonyl (C=O) groups is 1. The molecule has 8 heterocycles. The number of para-hydroxylation sites is 2. The van der Waals surface area contributed by atoms with E-state index in [2.05, 4.69) is 150 Å². The highest BCUT2D eigenvalue weighted by atomic mass is 16.6. The molecular formula is C105H132N20O21. The number of nitrogens with zero attached hydrogens (tertiary/aromatic N) is 10. The summed E-state index contributed by atoms with van der Waals surface area (Å²) in [5.74, 6) is 49.2. The van der Waals surface area contributed by atoms with Gasteiger partial charge in [0.25, 0.3) is 22.6 Å². The van der Waals surface area contributed by atoms with Gasteiger partial charge in [-0.2, -0.15) is 4.98 Å². The fourth-order valence-corrected chi connectivity index (χ4v) is 11.9. The topological polar surface area (TPSA) is 570 Å². The van der Waals surface area contributed by atoms with E-state index in [0.717, 1.165) is 43.9 Å². The van der Waals surface area contributed by atoms with Gasteiger partial charge in [-0.05, 0) is 48.5 Å². The van der Waals surface area contributed by atoms with Crippen LogP contribution in [-0.4, -0.2) is 286 Å². The Bertz CT molecular complexity index is 6380. The van der Waals surface area contributed by atoms with Crippen molar-refractivity contribution in [2.75, 3.05) is 201 Å². The summed E-state index contributed by atoms with van der Waals surface area (Å²) in [6.45, 7) is 3.99. The highest BCUT2D eigenvalue weighted by molar-refractivity contribution is 6.10. The number of amides is 1. The second-order valence-corrected chi connectivity index (χ2v) is 30.7. The second-order valence-electron chi connectivity index (χ2n) is 30.7. The number of pyridine rings is 2. The molecule has 1 aliphatic heterocycles. The maximum atomic E-state index is 11.8. The van der Waals surface area contributed by atoms with Gasteiger partial charge in [0, 0.05) is 250 Å². The predicted molar refractivity (Wildman–Crippen MR) is 561 cm³/mol. The number of amidine groups is 1. The maximum Gasteiger partial charge on any atom is 0.328 e. The largest absolute Gasteiger partial charge is 0.384 e. The van der Waals surface area contributed by atoms with Gasteiger partial charge in [-0.3, -0.25) is 34.6 Å². The minimum absolute atomic E-state index is 0.00536. The number of aromatic nitrogens is 12. The van der Waals surface area contributed by atoms with Gasteiger partial charge in [-0.15, -0.1) is 0 Å². The number of ether oxygens (including phenoxy) is 16. The number of aromatic amines is 2. The molecule has 0 bridgehead atoms. The number of benzene rings is 3. The van der Waals surface area contributed by atoms with Gasteiger partial charge in [-0.1, -0.05) is 125 Å². The summed E-state index contributed by atoms with van der Waals surface area (Å²) >= 11 is 0. The number of fused-ring (bicyclic) bond motifs is 3. The number of anilines is 6. The maximum absolute atomic E-state index is 11.8. The molecule has 8 atom stereocenters. The number of rotatable bonds is 32. The third-order valence-corrected chi connectivity index (χ3v) is 19.9. The summed E-state index contributed by atoms with van der Waals surface area (Å²) in [6.07, 6.45) is 17.0. The highest BCUT2D eigenvalue weighted by Gasteiger charge is 2.17. The average molecular weight is 2010 g/mol. The molecule has 8 unspecified atom stereocenters. The number of carbonyl (C=O) groups excluding carboxylic acids is 1. The van der Waals surface area contributed by atoms with Gasteiger partial charge in [0.2, 0.25) is 17.8 Å². The summed E-state index contributed by atoms with van der Waals surface area (Å²) in [7, 11) is 29.2. The first kappa shape index (κ1) is 123. The van der Waals surface area contributed by atoms with Crippen molar-refractivity contribution >= 4 is 79.6 Å². The Morgan fingerprint density at radius 2 is 0.760 bits per heavy atom. The van der Waals surface area contributed by atoms with Crippen LogP contribution in [0.25, 0.3) is 32.6 Å². The van der Waals surface area contributed by atoms with Gasteiger partial charge < -0.3 is 125 Å². The SMILES string of the molecule is COCC(CC#CC1=CCC(=N)NC1=O)OC.COCC(CC#Cc1ccc(N)nc1)OC.COCC(CC#Cc1cccc2c(=O)[nH]c(N)nc12)OC.COCC(CC#Cc1cccc2c(N)nccc12)OC.COCC(CC#Cc1cccc2c(N)ncnc12)OC.COCC(CC#Cc1cn(C)c(=O)[nH]c1=O)OC.COCC(CC#Cc1cn(C)c(N)nc1=O)OC.COCC(CC#Cc1cnc(N)nc1)OC. The highest BCUT2D eigenvalue weighted by Crippen LogP contribution is 2.23. The van der Waals surface area contributed by atoms with E-state index in [-0.39, 0.29) is 89.5 Å². The molecule has 778 valence electrons. The molecule has 0 saturated carbocycles. The second kappa shape index (κ2) is 72.2. The fraction of sp³-hybridized carbons (Fsp3) is 0.410. The number of methoxy groups -OCH3 is 16. The molecule has 0 spiro atoms. The molecule has 16 N–H and O–H groups in total. The molecule has 41 heteroatoms. The zero-order chi connectivity index (χ0) is 107. The first-order valence-electron chi connectivity index (χ1n) is 45.0. The Kier molecular flexibility index (Phi) is 60.9. The predicted octanol–water partition coefficient (Wildman–Crippen LogP) is 5.98. The number of nitrogens with one attached hydrogen (secondary N) is 4. The Morgan fingerprint density at radius 3 is 1.21 bits per heavy atom. The van der Waals surface area contributed by atoms with Gasteiger partial charge in [0.05, 0.1) is 140 Å².